The Kier molecular flexibility index (Phi) is 1.53. The van der Waals surface area contributed by atoms with Crippen LogP contribution in [0.1, 0.15) is 47.0 Å². The zero-order valence-electron chi connectivity index (χ0n) is 8.94. The molecule has 13 heavy (non-hydrogen) atoms. The predicted molar refractivity (Wildman–Crippen MR) is 50.5 cm³/mol. The van der Waals surface area contributed by atoms with Crippen LogP contribution in [0.2, 0.25) is 0 Å². The van der Waals surface area contributed by atoms with Crippen molar-refractivity contribution in [1.82, 2.24) is 0 Å². The number of ether oxygens (including phenoxy) is 1. The fourth-order valence-electron chi connectivity index (χ4n) is 3.36. The number of rotatable bonds is 1. The molecule has 2 nitrogen and oxygen atoms in total. The molecular weight excluding hydrogens is 164 g/mol. The lowest BCUT2D eigenvalue weighted by molar-refractivity contribution is -0.126. The Morgan fingerprint density at radius 3 is 2.23 bits per heavy atom. The normalized spacial score (nSPS) is 46.8. The molecule has 0 spiro atoms. The second-order valence-corrected chi connectivity index (χ2v) is 5.31. The molecule has 0 bridgehead atoms. The summed E-state index contributed by atoms with van der Waals surface area (Å²) in [6, 6.07) is 0. The van der Waals surface area contributed by atoms with Crippen LogP contribution in [-0.4, -0.2) is 17.0 Å². The van der Waals surface area contributed by atoms with E-state index < -0.39 is 5.60 Å². The summed E-state index contributed by atoms with van der Waals surface area (Å²) >= 11 is 0. The van der Waals surface area contributed by atoms with Gasteiger partial charge in [-0.15, -0.1) is 0 Å². The average molecular weight is 182 g/mol. The summed E-state index contributed by atoms with van der Waals surface area (Å²) in [7, 11) is 0. The molecule has 1 heterocycles. The number of ketones is 1. The molecule has 1 aliphatic carbocycles. The third-order valence-electron chi connectivity index (χ3n) is 3.99. The monoisotopic (exact) mass is 182 g/mol. The largest absolute Gasteiger partial charge is 0.354 e. The fraction of sp³-hybridized carbons (Fsp3) is 0.909. The van der Waals surface area contributed by atoms with E-state index in [0.29, 0.717) is 0 Å². The van der Waals surface area contributed by atoms with E-state index in [1.165, 1.54) is 6.42 Å². The molecule has 0 N–H and O–H groups in total. The third-order valence-corrected chi connectivity index (χ3v) is 3.99. The Morgan fingerprint density at radius 2 is 1.85 bits per heavy atom. The van der Waals surface area contributed by atoms with Gasteiger partial charge in [-0.05, 0) is 33.1 Å². The number of carbonyl (C=O) groups excluding carboxylic acids is 1. The second-order valence-electron chi connectivity index (χ2n) is 5.31. The summed E-state index contributed by atoms with van der Waals surface area (Å²) in [6.07, 6.45) is 3.32. The van der Waals surface area contributed by atoms with Gasteiger partial charge in [0.2, 0.25) is 0 Å². The number of epoxide rings is 1. The van der Waals surface area contributed by atoms with E-state index in [-0.39, 0.29) is 16.8 Å². The lowest BCUT2D eigenvalue weighted by Gasteiger charge is -2.36. The van der Waals surface area contributed by atoms with Crippen LogP contribution >= 0.6 is 0 Å². The molecule has 1 saturated carbocycles. The molecule has 2 aliphatic rings. The van der Waals surface area contributed by atoms with Crippen LogP contribution in [0.5, 0.6) is 0 Å². The van der Waals surface area contributed by atoms with E-state index in [4.69, 9.17) is 4.74 Å². The molecule has 0 amide bonds. The highest BCUT2D eigenvalue weighted by Crippen LogP contribution is 2.65. The maximum Gasteiger partial charge on any atom is 0.165 e. The highest BCUT2D eigenvalue weighted by atomic mass is 16.6. The topological polar surface area (TPSA) is 29.6 Å². The Balaban J connectivity index is 2.41. The van der Waals surface area contributed by atoms with Gasteiger partial charge < -0.3 is 4.74 Å². The van der Waals surface area contributed by atoms with Gasteiger partial charge in [-0.3, -0.25) is 4.79 Å². The van der Waals surface area contributed by atoms with Crippen LogP contribution in [0, 0.1) is 5.41 Å². The molecule has 1 saturated heterocycles. The standard InChI is InChI=1S/C11H18O2/c1-8(12)11-9(2,3)6-5-7-10(11,4)13-11/h5-7H2,1-4H3. The first-order chi connectivity index (χ1) is 5.86. The van der Waals surface area contributed by atoms with Gasteiger partial charge in [-0.1, -0.05) is 13.8 Å². The molecule has 0 aromatic carbocycles. The van der Waals surface area contributed by atoms with Gasteiger partial charge in [0.05, 0.1) is 0 Å². The zero-order chi connectivity index (χ0) is 9.91. The number of carbonyl (C=O) groups is 1. The van der Waals surface area contributed by atoms with Crippen LogP contribution in [-0.2, 0) is 9.53 Å². The van der Waals surface area contributed by atoms with E-state index >= 15 is 0 Å². The number of hydrogen-bond donors (Lipinski definition) is 0. The maximum absolute atomic E-state index is 11.7. The van der Waals surface area contributed by atoms with Gasteiger partial charge in [-0.25, -0.2) is 0 Å². The molecule has 2 heteroatoms. The summed E-state index contributed by atoms with van der Waals surface area (Å²) in [5.74, 6) is 0.208. The van der Waals surface area contributed by atoms with Crippen LogP contribution in [0.15, 0.2) is 0 Å². The molecule has 2 unspecified atom stereocenters. The van der Waals surface area contributed by atoms with Crippen LogP contribution in [0.4, 0.5) is 0 Å². The van der Waals surface area contributed by atoms with Crippen molar-refractivity contribution in [2.75, 3.05) is 0 Å². The molecule has 0 aromatic heterocycles. The Labute approximate surface area is 79.7 Å². The van der Waals surface area contributed by atoms with Crippen LogP contribution < -0.4 is 0 Å². The first-order valence-electron chi connectivity index (χ1n) is 5.07. The smallest absolute Gasteiger partial charge is 0.165 e. The molecule has 74 valence electrons. The lowest BCUT2D eigenvalue weighted by atomic mass is 9.63. The van der Waals surface area contributed by atoms with E-state index in [0.717, 1.165) is 12.8 Å². The predicted octanol–water partition coefficient (Wildman–Crippen LogP) is 2.31. The third kappa shape index (κ3) is 0.850. The van der Waals surface area contributed by atoms with E-state index in [1.807, 2.05) is 0 Å². The first kappa shape index (κ1) is 9.20. The molecule has 2 rings (SSSR count). The van der Waals surface area contributed by atoms with Crippen molar-refractivity contribution in [2.24, 2.45) is 5.41 Å². The quantitative estimate of drug-likeness (QED) is 0.582. The molecule has 0 radical (unpaired) electrons. The Bertz CT molecular complexity index is 269. The number of fused-ring (bicyclic) bond motifs is 1. The van der Waals surface area contributed by atoms with Gasteiger partial charge >= 0.3 is 0 Å². The molecule has 2 fully saturated rings. The summed E-state index contributed by atoms with van der Waals surface area (Å²) in [5, 5.41) is 0. The van der Waals surface area contributed by atoms with Gasteiger partial charge in [0.15, 0.2) is 11.4 Å². The highest BCUT2D eigenvalue weighted by Gasteiger charge is 2.77. The molecule has 2 atom stereocenters. The minimum atomic E-state index is -0.460. The lowest BCUT2D eigenvalue weighted by Crippen LogP contribution is -2.47. The second kappa shape index (κ2) is 2.17. The maximum atomic E-state index is 11.7. The van der Waals surface area contributed by atoms with E-state index in [9.17, 15) is 4.79 Å². The molecule has 0 aromatic rings. The summed E-state index contributed by atoms with van der Waals surface area (Å²) in [4.78, 5) is 11.7. The summed E-state index contributed by atoms with van der Waals surface area (Å²) in [6.45, 7) is 8.05. The van der Waals surface area contributed by atoms with E-state index in [1.54, 1.807) is 6.92 Å². The van der Waals surface area contributed by atoms with Crippen molar-refractivity contribution in [3.05, 3.63) is 0 Å². The molecule has 1 aliphatic heterocycles. The van der Waals surface area contributed by atoms with Crippen molar-refractivity contribution in [3.63, 3.8) is 0 Å². The SMILES string of the molecule is CC(=O)C12OC1(C)CCCC2(C)C. The van der Waals surface area contributed by atoms with Gasteiger partial charge in [0.25, 0.3) is 0 Å². The van der Waals surface area contributed by atoms with Crippen molar-refractivity contribution in [2.45, 2.75) is 58.2 Å². The highest BCUT2D eigenvalue weighted by molar-refractivity contribution is 5.91. The first-order valence-corrected chi connectivity index (χ1v) is 5.07. The summed E-state index contributed by atoms with van der Waals surface area (Å²) < 4.78 is 5.78. The van der Waals surface area contributed by atoms with Crippen molar-refractivity contribution >= 4 is 5.78 Å². The Hall–Kier alpha value is -0.370. The summed E-state index contributed by atoms with van der Waals surface area (Å²) in [5.41, 5.74) is -0.593. The molecular formula is C11H18O2. The van der Waals surface area contributed by atoms with Gasteiger partial charge in [-0.2, -0.15) is 0 Å². The average Bonchev–Trinajstić information content (AvgIpc) is 2.58. The van der Waals surface area contributed by atoms with Gasteiger partial charge in [0.1, 0.15) is 5.60 Å². The number of hydrogen-bond acceptors (Lipinski definition) is 2. The van der Waals surface area contributed by atoms with Crippen molar-refractivity contribution < 1.29 is 9.53 Å². The van der Waals surface area contributed by atoms with Crippen molar-refractivity contribution in [3.8, 4) is 0 Å². The minimum absolute atomic E-state index is 0.0197. The van der Waals surface area contributed by atoms with Crippen LogP contribution in [0.25, 0.3) is 0 Å². The minimum Gasteiger partial charge on any atom is -0.354 e. The van der Waals surface area contributed by atoms with Crippen LogP contribution in [0.3, 0.4) is 0 Å². The fourth-order valence-corrected chi connectivity index (χ4v) is 3.36. The van der Waals surface area contributed by atoms with E-state index in [2.05, 4.69) is 20.8 Å². The van der Waals surface area contributed by atoms with Crippen molar-refractivity contribution in [1.29, 1.82) is 0 Å². The Morgan fingerprint density at radius 1 is 1.23 bits per heavy atom. The number of Topliss-reactive ketones (excluding diaryl/α,β-unsaturated/α-hetero) is 1. The zero-order valence-corrected chi connectivity index (χ0v) is 8.94. The van der Waals surface area contributed by atoms with Gasteiger partial charge in [0, 0.05) is 5.41 Å².